The van der Waals surface area contributed by atoms with Gasteiger partial charge in [0, 0.05) is 19.3 Å². The molecular weight excluding hydrogens is 829 g/mol. The van der Waals surface area contributed by atoms with Gasteiger partial charge in [0.25, 0.3) is 0 Å². The molecule has 6 nitrogen and oxygen atoms in total. The number of hydrogen-bond donors (Lipinski definition) is 0. The Morgan fingerprint density at radius 2 is 0.552 bits per heavy atom. The van der Waals surface area contributed by atoms with Gasteiger partial charge < -0.3 is 14.2 Å². The highest BCUT2D eigenvalue weighted by Crippen LogP contribution is 2.15. The molecule has 0 rings (SSSR count). The second-order valence-corrected chi connectivity index (χ2v) is 19.2. The van der Waals surface area contributed by atoms with Gasteiger partial charge in [-0.1, -0.05) is 229 Å². The third-order valence-corrected chi connectivity index (χ3v) is 12.5. The van der Waals surface area contributed by atoms with Crippen molar-refractivity contribution >= 4 is 17.9 Å². The molecule has 388 valence electrons. The molecule has 0 heterocycles. The van der Waals surface area contributed by atoms with Gasteiger partial charge in [0.1, 0.15) is 13.2 Å². The van der Waals surface area contributed by atoms with Gasteiger partial charge in [-0.3, -0.25) is 14.4 Å². The number of ether oxygens (including phenoxy) is 3. The van der Waals surface area contributed by atoms with E-state index in [-0.39, 0.29) is 31.1 Å². The molecule has 0 amide bonds. The minimum atomic E-state index is -0.786. The van der Waals surface area contributed by atoms with Gasteiger partial charge in [0.2, 0.25) is 0 Å². The Balaban J connectivity index is 4.39. The van der Waals surface area contributed by atoms with Crippen molar-refractivity contribution in [2.45, 2.75) is 297 Å². The predicted molar refractivity (Wildman–Crippen MR) is 288 cm³/mol. The molecule has 67 heavy (non-hydrogen) atoms. The van der Waals surface area contributed by atoms with E-state index in [9.17, 15) is 14.4 Å². The molecule has 0 aromatic carbocycles. The van der Waals surface area contributed by atoms with Crippen LogP contribution >= 0.6 is 0 Å². The standard InChI is InChI=1S/C61H108O6/c1-4-7-10-13-16-19-22-25-28-30-31-32-34-36-39-42-45-48-51-54-60(63)66-57-58(56-65-59(62)53-50-47-44-41-38-35-27-24-21-18-15-12-9-6-3)67-61(64)55-52-49-46-43-40-37-33-29-26-23-20-17-14-11-8-5-2/h15-16,18-19,24-25,27-29,33,58H,4-14,17,20-23,26,30-32,34-57H2,1-3H3/b18-15-,19-16-,27-24-,28-25-,33-29-/t58-/m1/s1. The quantitative estimate of drug-likeness (QED) is 0.0262. The molecule has 0 radical (unpaired) electrons. The van der Waals surface area contributed by atoms with E-state index in [0.29, 0.717) is 19.3 Å². The van der Waals surface area contributed by atoms with Crippen molar-refractivity contribution in [2.75, 3.05) is 13.2 Å². The second-order valence-electron chi connectivity index (χ2n) is 19.2. The molecule has 0 fully saturated rings. The average molecular weight is 938 g/mol. The normalized spacial score (nSPS) is 12.5. The Morgan fingerprint density at radius 3 is 0.910 bits per heavy atom. The number of carbonyl (C=O) groups is 3. The molecule has 0 aliphatic heterocycles. The zero-order valence-electron chi connectivity index (χ0n) is 44.4. The maximum atomic E-state index is 12.8. The van der Waals surface area contributed by atoms with Gasteiger partial charge >= 0.3 is 17.9 Å². The third kappa shape index (κ3) is 53.9. The van der Waals surface area contributed by atoms with Gasteiger partial charge in [0.15, 0.2) is 6.10 Å². The van der Waals surface area contributed by atoms with Crippen LogP contribution in [0.1, 0.15) is 290 Å². The van der Waals surface area contributed by atoms with E-state index in [2.05, 4.69) is 81.5 Å². The second kappa shape index (κ2) is 55.7. The number of esters is 3. The average Bonchev–Trinajstić information content (AvgIpc) is 3.33. The Morgan fingerprint density at radius 1 is 0.299 bits per heavy atom. The molecule has 0 saturated carbocycles. The van der Waals surface area contributed by atoms with Crippen molar-refractivity contribution in [1.29, 1.82) is 0 Å². The molecule has 0 saturated heterocycles. The Kier molecular flexibility index (Phi) is 53.3. The topological polar surface area (TPSA) is 78.9 Å². The van der Waals surface area contributed by atoms with Gasteiger partial charge in [-0.25, -0.2) is 0 Å². The molecule has 0 aromatic rings. The maximum Gasteiger partial charge on any atom is 0.306 e. The van der Waals surface area contributed by atoms with Crippen LogP contribution in [0.15, 0.2) is 60.8 Å². The minimum Gasteiger partial charge on any atom is -0.462 e. The first-order valence-electron chi connectivity index (χ1n) is 28.8. The molecule has 0 aromatic heterocycles. The third-order valence-electron chi connectivity index (χ3n) is 12.5. The van der Waals surface area contributed by atoms with E-state index in [0.717, 1.165) is 96.3 Å². The molecule has 0 aliphatic rings. The predicted octanol–water partition coefficient (Wildman–Crippen LogP) is 19.2. The van der Waals surface area contributed by atoms with E-state index >= 15 is 0 Å². The number of carbonyl (C=O) groups excluding carboxylic acids is 3. The summed E-state index contributed by atoms with van der Waals surface area (Å²) in [5, 5.41) is 0. The summed E-state index contributed by atoms with van der Waals surface area (Å²) in [5.74, 6) is -0.900. The first-order valence-corrected chi connectivity index (χ1v) is 28.8. The number of unbranched alkanes of at least 4 members (excludes halogenated alkanes) is 31. The van der Waals surface area contributed by atoms with Crippen molar-refractivity contribution in [1.82, 2.24) is 0 Å². The van der Waals surface area contributed by atoms with E-state index in [4.69, 9.17) is 14.2 Å². The van der Waals surface area contributed by atoms with E-state index in [1.807, 2.05) is 0 Å². The van der Waals surface area contributed by atoms with Crippen LogP contribution in [-0.4, -0.2) is 37.2 Å². The summed E-state index contributed by atoms with van der Waals surface area (Å²) in [6, 6.07) is 0. The van der Waals surface area contributed by atoms with Crippen LogP contribution in [0.3, 0.4) is 0 Å². The zero-order valence-corrected chi connectivity index (χ0v) is 44.4. The van der Waals surface area contributed by atoms with Crippen LogP contribution < -0.4 is 0 Å². The zero-order chi connectivity index (χ0) is 48.6. The van der Waals surface area contributed by atoms with Crippen LogP contribution in [0.5, 0.6) is 0 Å². The Hall–Kier alpha value is -2.89. The summed E-state index contributed by atoms with van der Waals surface area (Å²) < 4.78 is 16.9. The summed E-state index contributed by atoms with van der Waals surface area (Å²) in [6.07, 6.45) is 69.2. The largest absolute Gasteiger partial charge is 0.462 e. The van der Waals surface area contributed by atoms with Gasteiger partial charge in [-0.15, -0.1) is 0 Å². The van der Waals surface area contributed by atoms with Gasteiger partial charge in [0.05, 0.1) is 0 Å². The van der Waals surface area contributed by atoms with Crippen molar-refractivity contribution in [3.63, 3.8) is 0 Å². The first-order chi connectivity index (χ1) is 33.0. The van der Waals surface area contributed by atoms with Crippen LogP contribution in [0.25, 0.3) is 0 Å². The van der Waals surface area contributed by atoms with Crippen molar-refractivity contribution in [3.05, 3.63) is 60.8 Å². The number of hydrogen-bond acceptors (Lipinski definition) is 6. The number of rotatable bonds is 52. The smallest absolute Gasteiger partial charge is 0.306 e. The van der Waals surface area contributed by atoms with E-state index in [1.165, 1.54) is 154 Å². The Labute approximate surface area is 415 Å². The molecule has 0 spiro atoms. The molecule has 6 heteroatoms. The highest BCUT2D eigenvalue weighted by Gasteiger charge is 2.19. The fraction of sp³-hybridized carbons (Fsp3) is 0.787. The Bertz CT molecular complexity index is 1210. The molecule has 0 aliphatic carbocycles. The fourth-order valence-electron chi connectivity index (χ4n) is 8.07. The fourth-order valence-corrected chi connectivity index (χ4v) is 8.07. The van der Waals surface area contributed by atoms with Gasteiger partial charge in [-0.2, -0.15) is 0 Å². The van der Waals surface area contributed by atoms with Crippen LogP contribution in [0, 0.1) is 0 Å². The van der Waals surface area contributed by atoms with Crippen molar-refractivity contribution < 1.29 is 28.6 Å². The molecule has 1 atom stereocenters. The first kappa shape index (κ1) is 64.1. The highest BCUT2D eigenvalue weighted by atomic mass is 16.6. The monoisotopic (exact) mass is 937 g/mol. The minimum absolute atomic E-state index is 0.0834. The summed E-state index contributed by atoms with van der Waals surface area (Å²) in [4.78, 5) is 38.1. The summed E-state index contributed by atoms with van der Waals surface area (Å²) in [7, 11) is 0. The number of allylic oxidation sites excluding steroid dienone is 10. The van der Waals surface area contributed by atoms with E-state index in [1.54, 1.807) is 0 Å². The van der Waals surface area contributed by atoms with Crippen molar-refractivity contribution in [3.8, 4) is 0 Å². The van der Waals surface area contributed by atoms with Crippen LogP contribution in [0.4, 0.5) is 0 Å². The lowest BCUT2D eigenvalue weighted by atomic mass is 10.1. The maximum absolute atomic E-state index is 12.8. The highest BCUT2D eigenvalue weighted by molar-refractivity contribution is 5.71. The van der Waals surface area contributed by atoms with Crippen LogP contribution in [0.2, 0.25) is 0 Å². The lowest BCUT2D eigenvalue weighted by molar-refractivity contribution is -0.167. The summed E-state index contributed by atoms with van der Waals surface area (Å²) in [5.41, 5.74) is 0. The van der Waals surface area contributed by atoms with Crippen molar-refractivity contribution in [2.24, 2.45) is 0 Å². The lowest BCUT2D eigenvalue weighted by Gasteiger charge is -2.18. The molecule has 0 bridgehead atoms. The summed E-state index contributed by atoms with van der Waals surface area (Å²) in [6.45, 7) is 6.57. The molecule has 0 unspecified atom stereocenters. The SMILES string of the molecule is CCCC/C=C\C/C=C\CCCCCCCC(=O)OC[C@H](COC(=O)CCCCCCCCCCC/C=C\C/C=C\CCCCC)OC(=O)CCCCCCC/C=C\CCCCCCCCC. The van der Waals surface area contributed by atoms with Gasteiger partial charge in [-0.05, 0) is 103 Å². The molecular formula is C61H108O6. The van der Waals surface area contributed by atoms with E-state index < -0.39 is 6.10 Å². The lowest BCUT2D eigenvalue weighted by Crippen LogP contribution is -2.30. The summed E-state index contributed by atoms with van der Waals surface area (Å²) >= 11 is 0. The van der Waals surface area contributed by atoms with Crippen LogP contribution in [-0.2, 0) is 28.6 Å². The molecule has 0 N–H and O–H groups in total.